The van der Waals surface area contributed by atoms with E-state index in [-0.39, 0.29) is 17.0 Å². The normalized spacial score (nSPS) is 12.0. The molecule has 0 spiro atoms. The Kier molecular flexibility index (Phi) is 6.45. The lowest BCUT2D eigenvalue weighted by molar-refractivity contribution is -0.126. The van der Waals surface area contributed by atoms with Crippen LogP contribution >= 0.6 is 0 Å². The lowest BCUT2D eigenvalue weighted by Gasteiger charge is -2.17. The summed E-state index contributed by atoms with van der Waals surface area (Å²) in [5.74, 6) is -5.36. The van der Waals surface area contributed by atoms with Crippen LogP contribution in [-0.4, -0.2) is 24.6 Å². The molecule has 8 heteroatoms. The number of methoxy groups -OCH3 is 1. The number of alkyl halides is 2. The van der Waals surface area contributed by atoms with Gasteiger partial charge in [0, 0.05) is 29.6 Å². The van der Waals surface area contributed by atoms with E-state index in [1.807, 2.05) is 0 Å². The third kappa shape index (κ3) is 5.35. The van der Waals surface area contributed by atoms with E-state index in [1.54, 1.807) is 24.3 Å². The van der Waals surface area contributed by atoms with E-state index in [4.69, 9.17) is 10.1 Å². The summed E-state index contributed by atoms with van der Waals surface area (Å²) in [7, 11) is 1.51. The highest BCUT2D eigenvalue weighted by Gasteiger charge is 2.30. The molecule has 2 rings (SSSR count). The van der Waals surface area contributed by atoms with E-state index in [0.29, 0.717) is 11.4 Å². The second kappa shape index (κ2) is 8.60. The number of anilines is 2. The SMILES string of the molecule is COc1ccc(NC(=O)C(C(C)=N)C(=O)Nc2cccc(C(C)(F)F)c2)cc1. The number of halogens is 2. The number of amides is 2. The summed E-state index contributed by atoms with van der Waals surface area (Å²) in [5, 5.41) is 12.8. The summed E-state index contributed by atoms with van der Waals surface area (Å²) in [6.07, 6.45) is 0. The lowest BCUT2D eigenvalue weighted by atomic mass is 10.0. The van der Waals surface area contributed by atoms with Crippen molar-refractivity contribution in [3.05, 3.63) is 54.1 Å². The maximum atomic E-state index is 13.5. The Morgan fingerprint density at radius 3 is 2.11 bits per heavy atom. The number of hydrogen-bond donors (Lipinski definition) is 3. The maximum absolute atomic E-state index is 13.5. The van der Waals surface area contributed by atoms with Crippen molar-refractivity contribution >= 4 is 28.9 Å². The van der Waals surface area contributed by atoms with Crippen LogP contribution < -0.4 is 15.4 Å². The molecule has 0 bridgehead atoms. The first kappa shape index (κ1) is 21.0. The molecule has 0 aliphatic carbocycles. The van der Waals surface area contributed by atoms with Crippen molar-refractivity contribution in [2.75, 3.05) is 17.7 Å². The minimum absolute atomic E-state index is 0.118. The van der Waals surface area contributed by atoms with Crippen LogP contribution in [0.15, 0.2) is 48.5 Å². The molecule has 0 aliphatic heterocycles. The zero-order valence-corrected chi connectivity index (χ0v) is 15.7. The second-order valence-corrected chi connectivity index (χ2v) is 6.29. The number of benzene rings is 2. The van der Waals surface area contributed by atoms with Crippen LogP contribution in [0.1, 0.15) is 19.4 Å². The molecular formula is C20H21F2N3O3. The van der Waals surface area contributed by atoms with Gasteiger partial charge >= 0.3 is 0 Å². The number of carbonyl (C=O) groups is 2. The smallest absolute Gasteiger partial charge is 0.270 e. The van der Waals surface area contributed by atoms with Crippen molar-refractivity contribution in [3.63, 3.8) is 0 Å². The summed E-state index contributed by atoms with van der Waals surface area (Å²) >= 11 is 0. The van der Waals surface area contributed by atoms with Gasteiger partial charge in [0.25, 0.3) is 5.92 Å². The molecule has 148 valence electrons. The fourth-order valence-corrected chi connectivity index (χ4v) is 2.49. The van der Waals surface area contributed by atoms with Gasteiger partial charge < -0.3 is 20.8 Å². The highest BCUT2D eigenvalue weighted by atomic mass is 19.3. The molecule has 0 fully saturated rings. The Labute approximate surface area is 161 Å². The molecule has 2 aromatic rings. The summed E-state index contributed by atoms with van der Waals surface area (Å²) in [6.45, 7) is 2.08. The van der Waals surface area contributed by atoms with Gasteiger partial charge in [-0.2, -0.15) is 0 Å². The van der Waals surface area contributed by atoms with Gasteiger partial charge in [-0.15, -0.1) is 0 Å². The fraction of sp³-hybridized carbons (Fsp3) is 0.250. The summed E-state index contributed by atoms with van der Waals surface area (Å²) in [6, 6.07) is 11.7. The van der Waals surface area contributed by atoms with Crippen LogP contribution in [0.2, 0.25) is 0 Å². The fourth-order valence-electron chi connectivity index (χ4n) is 2.49. The van der Waals surface area contributed by atoms with Gasteiger partial charge in [0.15, 0.2) is 5.92 Å². The third-order valence-corrected chi connectivity index (χ3v) is 3.95. The van der Waals surface area contributed by atoms with E-state index in [0.717, 1.165) is 13.0 Å². The first-order valence-corrected chi connectivity index (χ1v) is 8.41. The standard InChI is InChI=1S/C20H21F2N3O3/c1-12(23)17(18(26)24-14-7-9-16(28-3)10-8-14)19(27)25-15-6-4-5-13(11-15)20(2,21)22/h4-11,17,23H,1-3H3,(H,24,26)(H,25,27). The van der Waals surface area contributed by atoms with Crippen molar-refractivity contribution < 1.29 is 23.1 Å². The average Bonchev–Trinajstić information content (AvgIpc) is 2.61. The van der Waals surface area contributed by atoms with Gasteiger partial charge in [-0.05, 0) is 43.3 Å². The number of carbonyl (C=O) groups excluding carboxylic acids is 2. The number of hydrogen-bond acceptors (Lipinski definition) is 4. The summed E-state index contributed by atoms with van der Waals surface area (Å²) in [4.78, 5) is 25.0. The molecular weight excluding hydrogens is 368 g/mol. The predicted molar refractivity (Wildman–Crippen MR) is 103 cm³/mol. The van der Waals surface area contributed by atoms with Gasteiger partial charge in [0.05, 0.1) is 7.11 Å². The molecule has 3 N–H and O–H groups in total. The summed E-state index contributed by atoms with van der Waals surface area (Å²) in [5.41, 5.74) is 0.0987. The Hall–Kier alpha value is -3.29. The zero-order valence-electron chi connectivity index (χ0n) is 15.7. The molecule has 2 aromatic carbocycles. The van der Waals surface area contributed by atoms with Gasteiger partial charge in [-0.25, -0.2) is 8.78 Å². The molecule has 0 aliphatic rings. The highest BCUT2D eigenvalue weighted by Crippen LogP contribution is 2.28. The molecule has 0 aromatic heterocycles. The number of ether oxygens (including phenoxy) is 1. The largest absolute Gasteiger partial charge is 0.497 e. The van der Waals surface area contributed by atoms with Crippen LogP contribution in [0, 0.1) is 11.3 Å². The van der Waals surface area contributed by atoms with Crippen molar-refractivity contribution in [2.45, 2.75) is 19.8 Å². The van der Waals surface area contributed by atoms with Crippen LogP contribution in [0.3, 0.4) is 0 Å². The summed E-state index contributed by atoms with van der Waals surface area (Å²) < 4.78 is 32.0. The molecule has 2 amide bonds. The molecule has 1 unspecified atom stereocenters. The third-order valence-electron chi connectivity index (χ3n) is 3.95. The first-order chi connectivity index (χ1) is 13.1. The molecule has 6 nitrogen and oxygen atoms in total. The van der Waals surface area contributed by atoms with Crippen LogP contribution in [0.4, 0.5) is 20.2 Å². The lowest BCUT2D eigenvalue weighted by Crippen LogP contribution is -2.38. The number of rotatable bonds is 7. The Bertz CT molecular complexity index is 877. The Morgan fingerprint density at radius 1 is 1.04 bits per heavy atom. The van der Waals surface area contributed by atoms with Crippen molar-refractivity contribution in [1.29, 1.82) is 5.41 Å². The molecule has 0 heterocycles. The molecule has 0 radical (unpaired) electrons. The predicted octanol–water partition coefficient (Wildman–Crippen LogP) is 4.04. The molecule has 1 atom stereocenters. The molecule has 0 saturated carbocycles. The van der Waals surface area contributed by atoms with Crippen LogP contribution in [0.25, 0.3) is 0 Å². The van der Waals surface area contributed by atoms with Crippen molar-refractivity contribution in [3.8, 4) is 5.75 Å². The zero-order chi connectivity index (χ0) is 20.9. The van der Waals surface area contributed by atoms with Crippen LogP contribution in [0.5, 0.6) is 5.75 Å². The van der Waals surface area contributed by atoms with Gasteiger partial charge in [-0.3, -0.25) is 9.59 Å². The quantitative estimate of drug-likeness (QED) is 0.493. The minimum atomic E-state index is -3.07. The van der Waals surface area contributed by atoms with E-state index in [2.05, 4.69) is 10.6 Å². The topological polar surface area (TPSA) is 91.3 Å². The van der Waals surface area contributed by atoms with Gasteiger partial charge in [0.1, 0.15) is 5.75 Å². The Balaban J connectivity index is 2.15. The maximum Gasteiger partial charge on any atom is 0.270 e. The number of nitrogens with one attached hydrogen (secondary N) is 3. The van der Waals surface area contributed by atoms with Gasteiger partial charge in [0.2, 0.25) is 11.8 Å². The van der Waals surface area contributed by atoms with E-state index >= 15 is 0 Å². The Morgan fingerprint density at radius 2 is 1.61 bits per heavy atom. The average molecular weight is 389 g/mol. The monoisotopic (exact) mass is 389 g/mol. The van der Waals surface area contributed by atoms with E-state index in [1.165, 1.54) is 32.2 Å². The van der Waals surface area contributed by atoms with Crippen LogP contribution in [-0.2, 0) is 15.5 Å². The molecule has 28 heavy (non-hydrogen) atoms. The minimum Gasteiger partial charge on any atom is -0.497 e. The van der Waals surface area contributed by atoms with E-state index in [9.17, 15) is 18.4 Å². The first-order valence-electron chi connectivity index (χ1n) is 8.41. The molecule has 0 saturated heterocycles. The van der Waals surface area contributed by atoms with Gasteiger partial charge in [-0.1, -0.05) is 12.1 Å². The highest BCUT2D eigenvalue weighted by molar-refractivity contribution is 6.24. The van der Waals surface area contributed by atoms with E-state index < -0.39 is 23.7 Å². The second-order valence-electron chi connectivity index (χ2n) is 6.29. The van der Waals surface area contributed by atoms with Crippen molar-refractivity contribution in [1.82, 2.24) is 0 Å². The van der Waals surface area contributed by atoms with Crippen molar-refractivity contribution in [2.24, 2.45) is 5.92 Å².